The SMILES string of the molecule is CN(CCNC(=O)c1ccc(C#N)cc1)C1CCCC1. The lowest BCUT2D eigenvalue weighted by atomic mass is 10.1. The molecule has 1 N–H and O–H groups in total. The summed E-state index contributed by atoms with van der Waals surface area (Å²) in [5.41, 5.74) is 1.18. The topological polar surface area (TPSA) is 56.1 Å². The summed E-state index contributed by atoms with van der Waals surface area (Å²) in [6, 6.07) is 9.44. The van der Waals surface area contributed by atoms with Gasteiger partial charge in [-0.15, -0.1) is 0 Å². The molecular weight excluding hydrogens is 250 g/mol. The zero-order chi connectivity index (χ0) is 14.4. The number of nitrogens with one attached hydrogen (secondary N) is 1. The van der Waals surface area contributed by atoms with Crippen molar-refractivity contribution in [1.29, 1.82) is 5.26 Å². The van der Waals surface area contributed by atoms with Gasteiger partial charge in [-0.2, -0.15) is 5.26 Å². The minimum atomic E-state index is -0.0747. The first-order valence-corrected chi connectivity index (χ1v) is 7.19. The average molecular weight is 271 g/mol. The fraction of sp³-hybridized carbons (Fsp3) is 0.500. The van der Waals surface area contributed by atoms with E-state index in [2.05, 4.69) is 17.3 Å². The minimum Gasteiger partial charge on any atom is -0.351 e. The number of carbonyl (C=O) groups is 1. The number of amides is 1. The summed E-state index contributed by atoms with van der Waals surface area (Å²) < 4.78 is 0. The van der Waals surface area contributed by atoms with Crippen LogP contribution >= 0.6 is 0 Å². The molecule has 0 aromatic heterocycles. The van der Waals surface area contributed by atoms with Gasteiger partial charge in [-0.05, 0) is 44.2 Å². The highest BCUT2D eigenvalue weighted by molar-refractivity contribution is 5.94. The molecule has 4 nitrogen and oxygen atoms in total. The molecule has 1 aromatic carbocycles. The zero-order valence-electron chi connectivity index (χ0n) is 11.9. The third-order valence-electron chi connectivity index (χ3n) is 3.97. The molecule has 1 saturated carbocycles. The van der Waals surface area contributed by atoms with E-state index in [-0.39, 0.29) is 5.91 Å². The predicted molar refractivity (Wildman–Crippen MR) is 78.4 cm³/mol. The maximum absolute atomic E-state index is 11.9. The van der Waals surface area contributed by atoms with E-state index < -0.39 is 0 Å². The molecule has 1 amide bonds. The standard InChI is InChI=1S/C16H21N3O/c1-19(15-4-2-3-5-15)11-10-18-16(20)14-8-6-13(12-17)7-9-14/h6-9,15H,2-5,10-11H2,1H3,(H,18,20). The summed E-state index contributed by atoms with van der Waals surface area (Å²) in [5, 5.41) is 11.6. The normalized spacial score (nSPS) is 15.2. The maximum Gasteiger partial charge on any atom is 0.251 e. The lowest BCUT2D eigenvalue weighted by Gasteiger charge is -2.23. The summed E-state index contributed by atoms with van der Waals surface area (Å²) in [5.74, 6) is -0.0747. The number of benzene rings is 1. The minimum absolute atomic E-state index is 0.0747. The van der Waals surface area contributed by atoms with Crippen LogP contribution in [0.15, 0.2) is 24.3 Å². The quantitative estimate of drug-likeness (QED) is 0.893. The first-order valence-electron chi connectivity index (χ1n) is 7.19. The number of nitrogens with zero attached hydrogens (tertiary/aromatic N) is 2. The Morgan fingerprint density at radius 2 is 2.00 bits per heavy atom. The van der Waals surface area contributed by atoms with E-state index in [4.69, 9.17) is 5.26 Å². The van der Waals surface area contributed by atoms with Crippen LogP contribution < -0.4 is 5.32 Å². The monoisotopic (exact) mass is 271 g/mol. The molecule has 1 aliphatic carbocycles. The van der Waals surface area contributed by atoms with E-state index in [0.29, 0.717) is 23.7 Å². The van der Waals surface area contributed by atoms with Gasteiger partial charge >= 0.3 is 0 Å². The van der Waals surface area contributed by atoms with Crippen molar-refractivity contribution in [3.05, 3.63) is 35.4 Å². The second-order valence-electron chi connectivity index (χ2n) is 5.36. The Kier molecular flexibility index (Phi) is 5.14. The van der Waals surface area contributed by atoms with E-state index in [9.17, 15) is 4.79 Å². The molecule has 1 aliphatic rings. The van der Waals surface area contributed by atoms with Crippen LogP contribution in [0.3, 0.4) is 0 Å². The molecule has 0 unspecified atom stereocenters. The fourth-order valence-electron chi connectivity index (χ4n) is 2.67. The second kappa shape index (κ2) is 7.06. The number of rotatable bonds is 5. The first-order chi connectivity index (χ1) is 9.70. The van der Waals surface area contributed by atoms with Crippen LogP contribution in [0.4, 0.5) is 0 Å². The smallest absolute Gasteiger partial charge is 0.251 e. The van der Waals surface area contributed by atoms with Gasteiger partial charge in [0.15, 0.2) is 0 Å². The molecule has 1 fully saturated rings. The lowest BCUT2D eigenvalue weighted by Crippen LogP contribution is -2.37. The first kappa shape index (κ1) is 14.5. The molecule has 1 aromatic rings. The molecule has 0 saturated heterocycles. The zero-order valence-corrected chi connectivity index (χ0v) is 11.9. The van der Waals surface area contributed by atoms with E-state index in [1.54, 1.807) is 24.3 Å². The van der Waals surface area contributed by atoms with Crippen molar-refractivity contribution < 1.29 is 4.79 Å². The van der Waals surface area contributed by atoms with Crippen molar-refractivity contribution in [2.45, 2.75) is 31.7 Å². The van der Waals surface area contributed by atoms with Crippen molar-refractivity contribution in [3.63, 3.8) is 0 Å². The van der Waals surface area contributed by atoms with E-state index in [0.717, 1.165) is 6.54 Å². The Bertz CT molecular complexity index is 483. The van der Waals surface area contributed by atoms with Crippen LogP contribution in [0.25, 0.3) is 0 Å². The number of carbonyl (C=O) groups excluding carboxylic acids is 1. The molecule has 0 atom stereocenters. The average Bonchev–Trinajstić information content (AvgIpc) is 3.01. The molecule has 0 bridgehead atoms. The largest absolute Gasteiger partial charge is 0.351 e. The van der Waals surface area contributed by atoms with Crippen LogP contribution in [-0.2, 0) is 0 Å². The van der Waals surface area contributed by atoms with Gasteiger partial charge in [0, 0.05) is 24.7 Å². The highest BCUT2D eigenvalue weighted by atomic mass is 16.1. The van der Waals surface area contributed by atoms with Gasteiger partial charge in [0.25, 0.3) is 5.91 Å². The highest BCUT2D eigenvalue weighted by Gasteiger charge is 2.19. The molecule has 0 spiro atoms. The van der Waals surface area contributed by atoms with Crippen molar-refractivity contribution >= 4 is 5.91 Å². The maximum atomic E-state index is 11.9. The van der Waals surface area contributed by atoms with Gasteiger partial charge in [0.05, 0.1) is 11.6 Å². The predicted octanol–water partition coefficient (Wildman–Crippen LogP) is 2.16. The van der Waals surface area contributed by atoms with Gasteiger partial charge < -0.3 is 10.2 Å². The Balaban J connectivity index is 1.75. The van der Waals surface area contributed by atoms with Crippen molar-refractivity contribution in [3.8, 4) is 6.07 Å². The van der Waals surface area contributed by atoms with E-state index in [1.165, 1.54) is 25.7 Å². The molecule has 0 heterocycles. The van der Waals surface area contributed by atoms with Crippen molar-refractivity contribution in [1.82, 2.24) is 10.2 Å². The molecule has 2 rings (SSSR count). The van der Waals surface area contributed by atoms with Crippen molar-refractivity contribution in [2.75, 3.05) is 20.1 Å². The van der Waals surface area contributed by atoms with Crippen LogP contribution in [-0.4, -0.2) is 37.0 Å². The Morgan fingerprint density at radius 1 is 1.35 bits per heavy atom. The van der Waals surface area contributed by atoms with Gasteiger partial charge in [-0.1, -0.05) is 12.8 Å². The number of hydrogen-bond acceptors (Lipinski definition) is 3. The van der Waals surface area contributed by atoms with Crippen LogP contribution in [0.2, 0.25) is 0 Å². The third-order valence-corrected chi connectivity index (χ3v) is 3.97. The summed E-state index contributed by atoms with van der Waals surface area (Å²) in [7, 11) is 2.13. The van der Waals surface area contributed by atoms with Crippen LogP contribution in [0.1, 0.15) is 41.6 Å². The molecule has 106 valence electrons. The number of likely N-dealkylation sites (N-methyl/N-ethyl adjacent to an activating group) is 1. The summed E-state index contributed by atoms with van der Waals surface area (Å²) >= 11 is 0. The van der Waals surface area contributed by atoms with Crippen LogP contribution in [0, 0.1) is 11.3 Å². The second-order valence-corrected chi connectivity index (χ2v) is 5.36. The Hall–Kier alpha value is -1.86. The molecular formula is C16H21N3O. The van der Waals surface area contributed by atoms with Crippen molar-refractivity contribution in [2.24, 2.45) is 0 Å². The number of nitriles is 1. The Morgan fingerprint density at radius 3 is 2.60 bits per heavy atom. The fourth-order valence-corrected chi connectivity index (χ4v) is 2.67. The van der Waals surface area contributed by atoms with E-state index in [1.807, 2.05) is 6.07 Å². The number of hydrogen-bond donors (Lipinski definition) is 1. The summed E-state index contributed by atoms with van der Waals surface area (Å²) in [4.78, 5) is 14.3. The Labute approximate surface area is 120 Å². The lowest BCUT2D eigenvalue weighted by molar-refractivity contribution is 0.0947. The summed E-state index contributed by atoms with van der Waals surface area (Å²) in [6.45, 7) is 1.54. The molecule has 0 aliphatic heterocycles. The van der Waals surface area contributed by atoms with Gasteiger partial charge in [0.1, 0.15) is 0 Å². The van der Waals surface area contributed by atoms with Crippen LogP contribution in [0.5, 0.6) is 0 Å². The van der Waals surface area contributed by atoms with Gasteiger partial charge in [-0.25, -0.2) is 0 Å². The molecule has 0 radical (unpaired) electrons. The highest BCUT2D eigenvalue weighted by Crippen LogP contribution is 2.21. The van der Waals surface area contributed by atoms with Gasteiger partial charge in [-0.3, -0.25) is 4.79 Å². The van der Waals surface area contributed by atoms with Gasteiger partial charge in [0.2, 0.25) is 0 Å². The molecule has 20 heavy (non-hydrogen) atoms. The molecule has 4 heteroatoms. The third kappa shape index (κ3) is 3.82. The summed E-state index contributed by atoms with van der Waals surface area (Å²) in [6.07, 6.45) is 5.21. The van der Waals surface area contributed by atoms with E-state index >= 15 is 0 Å².